The molecule has 158 valence electrons. The average molecular weight is 423 g/mol. The molecule has 0 aliphatic rings. The normalized spacial score (nSPS) is 11.2. The number of hydrogen-bond donors (Lipinski definition) is 1. The van der Waals surface area contributed by atoms with Crippen LogP contribution in [0.3, 0.4) is 0 Å². The van der Waals surface area contributed by atoms with E-state index in [1.807, 2.05) is 0 Å². The molecule has 0 unspecified atom stereocenters. The van der Waals surface area contributed by atoms with Crippen LogP contribution in [-0.4, -0.2) is 48.9 Å². The summed E-state index contributed by atoms with van der Waals surface area (Å²) in [6, 6.07) is 9.43. The molecule has 0 heterocycles. The van der Waals surface area contributed by atoms with Crippen LogP contribution in [0.1, 0.15) is 21.5 Å². The number of methoxy groups -OCH3 is 3. The van der Waals surface area contributed by atoms with Crippen LogP contribution in [0.4, 0.5) is 0 Å². The second kappa shape index (κ2) is 10.2. The van der Waals surface area contributed by atoms with Crippen molar-refractivity contribution in [1.29, 1.82) is 0 Å². The molecule has 0 saturated heterocycles. The minimum Gasteiger partial charge on any atom is -0.496 e. The van der Waals surface area contributed by atoms with Crippen molar-refractivity contribution in [2.45, 2.75) is 18.4 Å². The van der Waals surface area contributed by atoms with E-state index in [0.717, 1.165) is 0 Å². The molecule has 0 aromatic heterocycles. The van der Waals surface area contributed by atoms with Crippen LogP contribution in [0, 0.1) is 6.92 Å². The van der Waals surface area contributed by atoms with Gasteiger partial charge in [-0.2, -0.15) is 0 Å². The summed E-state index contributed by atoms with van der Waals surface area (Å²) < 4.78 is 48.2. The van der Waals surface area contributed by atoms with Gasteiger partial charge in [0.05, 0.1) is 25.7 Å². The molecule has 9 heteroatoms. The molecule has 29 heavy (non-hydrogen) atoms. The standard InChI is InChI=1S/C20H25NO7S/c1-14-11-16(6-8-18(14)28-10-9-25-2)29(23,24)21-13-15-5-7-19(26-3)17(12-15)20(22)27-4/h5-8,11-12,21H,9-10,13H2,1-4H3. The summed E-state index contributed by atoms with van der Waals surface area (Å²) in [6.07, 6.45) is 0. The van der Waals surface area contributed by atoms with Crippen molar-refractivity contribution in [3.8, 4) is 11.5 Å². The van der Waals surface area contributed by atoms with Crippen LogP contribution in [0.15, 0.2) is 41.3 Å². The number of benzene rings is 2. The second-order valence-electron chi connectivity index (χ2n) is 6.12. The van der Waals surface area contributed by atoms with E-state index in [4.69, 9.17) is 18.9 Å². The number of carbonyl (C=O) groups is 1. The zero-order chi connectivity index (χ0) is 21.4. The molecule has 0 saturated carbocycles. The third-order valence-corrected chi connectivity index (χ3v) is 5.54. The molecule has 0 aliphatic heterocycles. The van der Waals surface area contributed by atoms with Gasteiger partial charge in [0, 0.05) is 13.7 Å². The smallest absolute Gasteiger partial charge is 0.341 e. The Hall–Kier alpha value is -2.62. The quantitative estimate of drug-likeness (QED) is 0.462. The van der Waals surface area contributed by atoms with Gasteiger partial charge in [0.25, 0.3) is 0 Å². The first-order valence-electron chi connectivity index (χ1n) is 8.79. The minimum absolute atomic E-state index is 0.00145. The van der Waals surface area contributed by atoms with Crippen molar-refractivity contribution >= 4 is 16.0 Å². The number of esters is 1. The zero-order valence-electron chi connectivity index (χ0n) is 16.9. The van der Waals surface area contributed by atoms with Gasteiger partial charge in [0.1, 0.15) is 23.7 Å². The van der Waals surface area contributed by atoms with Gasteiger partial charge < -0.3 is 18.9 Å². The summed E-state index contributed by atoms with van der Waals surface area (Å²) in [6.45, 7) is 2.59. The van der Waals surface area contributed by atoms with E-state index in [-0.39, 0.29) is 17.0 Å². The number of carbonyl (C=O) groups excluding carboxylic acids is 1. The molecule has 0 aliphatic carbocycles. The lowest BCUT2D eigenvalue weighted by Crippen LogP contribution is -2.23. The van der Waals surface area contributed by atoms with Crippen LogP contribution in [0.25, 0.3) is 0 Å². The maximum absolute atomic E-state index is 12.6. The molecule has 8 nitrogen and oxygen atoms in total. The topological polar surface area (TPSA) is 100 Å². The Kier molecular flexibility index (Phi) is 8.00. The lowest BCUT2D eigenvalue weighted by molar-refractivity contribution is 0.0597. The van der Waals surface area contributed by atoms with Crippen molar-refractivity contribution in [2.24, 2.45) is 0 Å². The second-order valence-corrected chi connectivity index (χ2v) is 7.89. The molecule has 2 aromatic carbocycles. The number of rotatable bonds is 10. The van der Waals surface area contributed by atoms with E-state index >= 15 is 0 Å². The Morgan fingerprint density at radius 1 is 1.00 bits per heavy atom. The molecule has 0 spiro atoms. The molecule has 0 amide bonds. The highest BCUT2D eigenvalue weighted by atomic mass is 32.2. The summed E-state index contributed by atoms with van der Waals surface area (Å²) in [4.78, 5) is 12.0. The average Bonchev–Trinajstić information content (AvgIpc) is 2.72. The minimum atomic E-state index is -3.75. The fourth-order valence-electron chi connectivity index (χ4n) is 2.58. The van der Waals surface area contributed by atoms with E-state index < -0.39 is 16.0 Å². The third-order valence-electron chi connectivity index (χ3n) is 4.14. The highest BCUT2D eigenvalue weighted by Gasteiger charge is 2.17. The third kappa shape index (κ3) is 5.93. The first-order valence-corrected chi connectivity index (χ1v) is 10.3. The van der Waals surface area contributed by atoms with Gasteiger partial charge in [0.15, 0.2) is 0 Å². The summed E-state index contributed by atoms with van der Waals surface area (Å²) in [5.41, 5.74) is 1.51. The van der Waals surface area contributed by atoms with E-state index in [9.17, 15) is 13.2 Å². The Balaban J connectivity index is 2.14. The highest BCUT2D eigenvalue weighted by Crippen LogP contribution is 2.23. The van der Waals surface area contributed by atoms with Crippen molar-refractivity contribution in [2.75, 3.05) is 34.5 Å². The van der Waals surface area contributed by atoms with Gasteiger partial charge in [-0.3, -0.25) is 0 Å². The molecule has 0 atom stereocenters. The predicted octanol–water partition coefficient (Wildman–Crippen LogP) is 2.29. The monoisotopic (exact) mass is 423 g/mol. The number of ether oxygens (including phenoxy) is 4. The summed E-state index contributed by atoms with van der Waals surface area (Å²) in [5.74, 6) is 0.383. The van der Waals surface area contributed by atoms with Crippen LogP contribution in [0.2, 0.25) is 0 Å². The number of aryl methyl sites for hydroxylation is 1. The SMILES string of the molecule is COCCOc1ccc(S(=O)(=O)NCc2ccc(OC)c(C(=O)OC)c2)cc1C. The first kappa shape index (κ1) is 22.7. The Morgan fingerprint density at radius 3 is 2.34 bits per heavy atom. The lowest BCUT2D eigenvalue weighted by atomic mass is 10.1. The van der Waals surface area contributed by atoms with Crippen molar-refractivity contribution < 1.29 is 32.2 Å². The summed E-state index contributed by atoms with van der Waals surface area (Å²) in [7, 11) is 0.529. The molecule has 0 fully saturated rings. The lowest BCUT2D eigenvalue weighted by Gasteiger charge is -2.12. The van der Waals surface area contributed by atoms with E-state index in [1.54, 1.807) is 38.3 Å². The number of sulfonamides is 1. The molecular weight excluding hydrogens is 398 g/mol. The maximum atomic E-state index is 12.6. The van der Waals surface area contributed by atoms with E-state index in [1.165, 1.54) is 26.4 Å². The highest BCUT2D eigenvalue weighted by molar-refractivity contribution is 7.89. The predicted molar refractivity (Wildman–Crippen MR) is 107 cm³/mol. The van der Waals surface area contributed by atoms with Gasteiger partial charge in [-0.05, 0) is 48.4 Å². The van der Waals surface area contributed by atoms with Crippen molar-refractivity contribution in [1.82, 2.24) is 4.72 Å². The Bertz CT molecular complexity index is 957. The first-order chi connectivity index (χ1) is 13.8. The fourth-order valence-corrected chi connectivity index (χ4v) is 3.68. The van der Waals surface area contributed by atoms with Gasteiger partial charge in [-0.25, -0.2) is 17.9 Å². The molecule has 2 aromatic rings. The van der Waals surface area contributed by atoms with Crippen LogP contribution in [0.5, 0.6) is 11.5 Å². The van der Waals surface area contributed by atoms with Crippen LogP contribution >= 0.6 is 0 Å². The zero-order valence-corrected chi connectivity index (χ0v) is 17.7. The summed E-state index contributed by atoms with van der Waals surface area (Å²) >= 11 is 0. The summed E-state index contributed by atoms with van der Waals surface area (Å²) in [5, 5.41) is 0. The number of nitrogens with one attached hydrogen (secondary N) is 1. The Labute approximate surface area is 170 Å². The van der Waals surface area contributed by atoms with Gasteiger partial charge in [-0.1, -0.05) is 6.07 Å². The van der Waals surface area contributed by atoms with Crippen LogP contribution in [-0.2, 0) is 26.0 Å². The Morgan fingerprint density at radius 2 is 1.72 bits per heavy atom. The molecule has 0 radical (unpaired) electrons. The van der Waals surface area contributed by atoms with Gasteiger partial charge in [-0.15, -0.1) is 0 Å². The maximum Gasteiger partial charge on any atom is 0.341 e. The van der Waals surface area contributed by atoms with Gasteiger partial charge >= 0.3 is 5.97 Å². The number of hydrogen-bond acceptors (Lipinski definition) is 7. The molecule has 0 bridgehead atoms. The van der Waals surface area contributed by atoms with Crippen molar-refractivity contribution in [3.63, 3.8) is 0 Å². The van der Waals surface area contributed by atoms with E-state index in [0.29, 0.717) is 35.8 Å². The van der Waals surface area contributed by atoms with Crippen molar-refractivity contribution in [3.05, 3.63) is 53.1 Å². The molecule has 2 rings (SSSR count). The molecule has 1 N–H and O–H groups in total. The molecular formula is C20H25NO7S. The van der Waals surface area contributed by atoms with Gasteiger partial charge in [0.2, 0.25) is 10.0 Å². The van der Waals surface area contributed by atoms with Crippen LogP contribution < -0.4 is 14.2 Å². The largest absolute Gasteiger partial charge is 0.496 e. The fraction of sp³-hybridized carbons (Fsp3) is 0.350. The van der Waals surface area contributed by atoms with E-state index in [2.05, 4.69) is 4.72 Å².